The van der Waals surface area contributed by atoms with Gasteiger partial charge in [0.2, 0.25) is 5.88 Å². The molecule has 0 aliphatic rings. The standard InChI is InChI=1S/C22H14BN2O3/c26-23-28-21-13-18(24-22(25-21)14-6-2-1-3-7-14)15-10-11-20-17(12-15)16-8-4-5-9-19(16)27-20/h1-13,26H. The lowest BCUT2D eigenvalue weighted by Gasteiger charge is -2.08. The van der Waals surface area contributed by atoms with Gasteiger partial charge in [-0.3, -0.25) is 0 Å². The molecule has 0 saturated carbocycles. The predicted molar refractivity (Wildman–Crippen MR) is 109 cm³/mol. The van der Waals surface area contributed by atoms with Crippen molar-refractivity contribution in [1.29, 1.82) is 0 Å². The molecular weight excluding hydrogens is 351 g/mol. The highest BCUT2D eigenvalue weighted by Crippen LogP contribution is 2.33. The van der Waals surface area contributed by atoms with Crippen molar-refractivity contribution in [2.75, 3.05) is 0 Å². The summed E-state index contributed by atoms with van der Waals surface area (Å²) in [4.78, 5) is 9.09. The van der Waals surface area contributed by atoms with Crippen LogP contribution in [0.3, 0.4) is 0 Å². The highest BCUT2D eigenvalue weighted by molar-refractivity contribution is 6.17. The Hall–Kier alpha value is -3.64. The molecule has 133 valence electrons. The van der Waals surface area contributed by atoms with Crippen molar-refractivity contribution in [3.05, 3.63) is 78.9 Å². The quantitative estimate of drug-likeness (QED) is 0.471. The lowest BCUT2D eigenvalue weighted by molar-refractivity contribution is 0.443. The molecule has 0 aliphatic heterocycles. The van der Waals surface area contributed by atoms with Gasteiger partial charge < -0.3 is 14.1 Å². The van der Waals surface area contributed by atoms with E-state index in [2.05, 4.69) is 4.98 Å². The second kappa shape index (κ2) is 6.83. The van der Waals surface area contributed by atoms with Crippen molar-refractivity contribution in [2.45, 2.75) is 0 Å². The van der Waals surface area contributed by atoms with Crippen molar-refractivity contribution in [2.24, 2.45) is 0 Å². The lowest BCUT2D eigenvalue weighted by Crippen LogP contribution is -2.04. The molecule has 28 heavy (non-hydrogen) atoms. The van der Waals surface area contributed by atoms with Crippen LogP contribution in [0.25, 0.3) is 44.6 Å². The van der Waals surface area contributed by atoms with E-state index in [0.29, 0.717) is 19.2 Å². The number of fused-ring (bicyclic) bond motifs is 3. The van der Waals surface area contributed by atoms with Crippen molar-refractivity contribution < 1.29 is 14.1 Å². The molecule has 2 aromatic heterocycles. The topological polar surface area (TPSA) is 68.4 Å². The van der Waals surface area contributed by atoms with Gasteiger partial charge >= 0.3 is 7.69 Å². The van der Waals surface area contributed by atoms with Crippen molar-refractivity contribution in [1.82, 2.24) is 9.97 Å². The third kappa shape index (κ3) is 2.90. The highest BCUT2D eigenvalue weighted by atomic mass is 16.5. The van der Waals surface area contributed by atoms with Crippen LogP contribution in [0.15, 0.2) is 83.3 Å². The minimum Gasteiger partial charge on any atom is -0.523 e. The average Bonchev–Trinajstić information content (AvgIpc) is 3.12. The van der Waals surface area contributed by atoms with E-state index in [-0.39, 0.29) is 5.88 Å². The maximum atomic E-state index is 9.05. The number of rotatable bonds is 4. The zero-order chi connectivity index (χ0) is 18.9. The van der Waals surface area contributed by atoms with Crippen LogP contribution in [-0.2, 0) is 0 Å². The number of aromatic nitrogens is 2. The fourth-order valence-electron chi connectivity index (χ4n) is 3.29. The summed E-state index contributed by atoms with van der Waals surface area (Å²) >= 11 is 0. The maximum Gasteiger partial charge on any atom is 0.570 e. The Morgan fingerprint density at radius 3 is 2.39 bits per heavy atom. The summed E-state index contributed by atoms with van der Waals surface area (Å²) in [5.74, 6) is 0.788. The van der Waals surface area contributed by atoms with Gasteiger partial charge in [-0.2, -0.15) is 4.98 Å². The normalized spacial score (nSPS) is 11.0. The third-order valence-electron chi connectivity index (χ3n) is 4.58. The summed E-state index contributed by atoms with van der Waals surface area (Å²) in [5, 5.41) is 11.1. The molecule has 0 amide bonds. The highest BCUT2D eigenvalue weighted by Gasteiger charge is 2.12. The molecule has 0 aliphatic carbocycles. The number of hydrogen-bond donors (Lipinski definition) is 1. The molecule has 5 rings (SSSR count). The van der Waals surface area contributed by atoms with E-state index >= 15 is 0 Å². The summed E-state index contributed by atoms with van der Waals surface area (Å²) in [7, 11) is 0.619. The monoisotopic (exact) mass is 365 g/mol. The van der Waals surface area contributed by atoms with Crippen molar-refractivity contribution in [3.63, 3.8) is 0 Å². The molecule has 5 aromatic rings. The van der Waals surface area contributed by atoms with Gasteiger partial charge in [-0.1, -0.05) is 48.5 Å². The van der Waals surface area contributed by atoms with Crippen molar-refractivity contribution in [3.8, 4) is 28.5 Å². The average molecular weight is 365 g/mol. The first kappa shape index (κ1) is 16.5. The Labute approximate surface area is 161 Å². The van der Waals surface area contributed by atoms with E-state index in [1.165, 1.54) is 0 Å². The molecule has 0 saturated heterocycles. The van der Waals surface area contributed by atoms with E-state index in [9.17, 15) is 0 Å². The molecule has 0 fully saturated rings. The molecule has 0 atom stereocenters. The second-order valence-electron chi connectivity index (χ2n) is 6.31. The van der Waals surface area contributed by atoms with Gasteiger partial charge in [0.1, 0.15) is 11.2 Å². The van der Waals surface area contributed by atoms with E-state index < -0.39 is 0 Å². The number of nitrogens with zero attached hydrogens (tertiary/aromatic N) is 2. The number of benzene rings is 3. The maximum absolute atomic E-state index is 9.05. The lowest BCUT2D eigenvalue weighted by atomic mass is 10.1. The summed E-state index contributed by atoms with van der Waals surface area (Å²) in [6, 6.07) is 25.2. The molecule has 2 heterocycles. The Kier molecular flexibility index (Phi) is 4.03. The van der Waals surface area contributed by atoms with Gasteiger partial charge in [-0.05, 0) is 24.3 Å². The number of para-hydroxylation sites is 1. The first-order valence-corrected chi connectivity index (χ1v) is 8.80. The van der Waals surface area contributed by atoms with E-state index in [1.54, 1.807) is 6.07 Å². The largest absolute Gasteiger partial charge is 0.570 e. The molecule has 5 nitrogen and oxygen atoms in total. The zero-order valence-corrected chi connectivity index (χ0v) is 14.7. The summed E-state index contributed by atoms with van der Waals surface area (Å²) < 4.78 is 11.0. The Morgan fingerprint density at radius 1 is 0.750 bits per heavy atom. The van der Waals surface area contributed by atoms with Gasteiger partial charge in [0.05, 0.1) is 5.69 Å². The molecule has 3 aromatic carbocycles. The van der Waals surface area contributed by atoms with Crippen LogP contribution in [-0.4, -0.2) is 22.7 Å². The molecule has 1 radical (unpaired) electrons. The molecular formula is C22H14BN2O3. The molecule has 0 bridgehead atoms. The molecule has 1 N–H and O–H groups in total. The van der Waals surface area contributed by atoms with Gasteiger partial charge in [0, 0.05) is 28.0 Å². The summed E-state index contributed by atoms with van der Waals surface area (Å²) in [6.07, 6.45) is 0. The summed E-state index contributed by atoms with van der Waals surface area (Å²) in [5.41, 5.74) is 4.13. The van der Waals surface area contributed by atoms with E-state index in [1.807, 2.05) is 72.8 Å². The zero-order valence-electron chi connectivity index (χ0n) is 14.7. The van der Waals surface area contributed by atoms with Gasteiger partial charge in [0.25, 0.3) is 0 Å². The first-order valence-electron chi connectivity index (χ1n) is 8.80. The summed E-state index contributed by atoms with van der Waals surface area (Å²) in [6.45, 7) is 0. The fraction of sp³-hybridized carbons (Fsp3) is 0. The van der Waals surface area contributed by atoms with Gasteiger partial charge in [-0.25, -0.2) is 4.98 Å². The predicted octanol–water partition coefficient (Wildman–Crippen LogP) is 4.62. The first-order chi connectivity index (χ1) is 13.8. The van der Waals surface area contributed by atoms with E-state index in [0.717, 1.165) is 33.1 Å². The second-order valence-corrected chi connectivity index (χ2v) is 6.31. The van der Waals surface area contributed by atoms with Crippen molar-refractivity contribution >= 4 is 29.6 Å². The van der Waals surface area contributed by atoms with Crippen LogP contribution < -0.4 is 4.65 Å². The van der Waals surface area contributed by atoms with Crippen LogP contribution in [0.1, 0.15) is 0 Å². The fourth-order valence-corrected chi connectivity index (χ4v) is 3.29. The van der Waals surface area contributed by atoms with Crippen LogP contribution in [0.2, 0.25) is 0 Å². The minimum atomic E-state index is 0.267. The Balaban J connectivity index is 1.69. The number of furan rings is 1. The van der Waals surface area contributed by atoms with E-state index in [4.69, 9.17) is 19.1 Å². The van der Waals surface area contributed by atoms with Crippen LogP contribution in [0, 0.1) is 0 Å². The smallest absolute Gasteiger partial charge is 0.523 e. The molecule has 0 unspecified atom stereocenters. The molecule has 6 heteroatoms. The van der Waals surface area contributed by atoms with Gasteiger partial charge in [-0.15, -0.1) is 0 Å². The van der Waals surface area contributed by atoms with Gasteiger partial charge in [0.15, 0.2) is 5.82 Å². The minimum absolute atomic E-state index is 0.267. The van der Waals surface area contributed by atoms with Crippen LogP contribution in [0.5, 0.6) is 5.88 Å². The Bertz CT molecular complexity index is 1290. The number of hydrogen-bond acceptors (Lipinski definition) is 5. The Morgan fingerprint density at radius 2 is 1.54 bits per heavy atom. The third-order valence-corrected chi connectivity index (χ3v) is 4.58. The van der Waals surface area contributed by atoms with Crippen LogP contribution in [0.4, 0.5) is 0 Å². The van der Waals surface area contributed by atoms with Crippen LogP contribution >= 0.6 is 0 Å². The molecule has 0 spiro atoms. The SMILES string of the molecule is O[B]Oc1cc(-c2ccc3oc4ccccc4c3c2)nc(-c2ccccc2)n1.